The number of hydrogen-bond acceptors (Lipinski definition) is 5. The molecule has 6 nitrogen and oxygen atoms in total. The van der Waals surface area contributed by atoms with Crippen LogP contribution >= 0.6 is 0 Å². The molecule has 0 spiro atoms. The van der Waals surface area contributed by atoms with Gasteiger partial charge in [-0.15, -0.1) is 0 Å². The normalized spacial score (nSPS) is 14.0. The van der Waals surface area contributed by atoms with E-state index in [1.165, 1.54) is 42.0 Å². The van der Waals surface area contributed by atoms with Gasteiger partial charge in [0, 0.05) is 30.4 Å². The Balaban J connectivity index is 1.29. The summed E-state index contributed by atoms with van der Waals surface area (Å²) in [5.74, 6) is 0.132. The van der Waals surface area contributed by atoms with E-state index in [0.29, 0.717) is 5.75 Å². The third-order valence-corrected chi connectivity index (χ3v) is 5.02. The molecular formula is C23H24FN3O3. The molecule has 1 saturated heterocycles. The number of likely N-dealkylation sites (tertiary alicyclic amines) is 1. The van der Waals surface area contributed by atoms with Gasteiger partial charge in [0.15, 0.2) is 0 Å². The predicted octanol–water partition coefficient (Wildman–Crippen LogP) is 3.19. The van der Waals surface area contributed by atoms with Crippen molar-refractivity contribution in [2.45, 2.75) is 32.6 Å². The van der Waals surface area contributed by atoms with Gasteiger partial charge in [0.05, 0.1) is 11.9 Å². The smallest absolute Gasteiger partial charge is 0.286 e. The van der Waals surface area contributed by atoms with Crippen molar-refractivity contribution in [1.82, 2.24) is 14.6 Å². The zero-order valence-corrected chi connectivity index (χ0v) is 16.7. The minimum absolute atomic E-state index is 0.243. The third-order valence-electron chi connectivity index (χ3n) is 5.02. The Bertz CT molecular complexity index is 1010. The number of benzene rings is 1. The van der Waals surface area contributed by atoms with Gasteiger partial charge in [0.25, 0.3) is 5.56 Å². The molecule has 0 atom stereocenters. The highest BCUT2D eigenvalue weighted by atomic mass is 19.1. The predicted molar refractivity (Wildman–Crippen MR) is 110 cm³/mol. The molecule has 1 fully saturated rings. The maximum absolute atomic E-state index is 12.9. The zero-order valence-electron chi connectivity index (χ0n) is 16.7. The highest BCUT2D eigenvalue weighted by Crippen LogP contribution is 2.12. The van der Waals surface area contributed by atoms with Crippen LogP contribution in [0.15, 0.2) is 65.7 Å². The Morgan fingerprint density at radius 3 is 2.43 bits per heavy atom. The topological polar surface area (TPSA) is 56.6 Å². The van der Waals surface area contributed by atoms with Crippen molar-refractivity contribution >= 4 is 0 Å². The summed E-state index contributed by atoms with van der Waals surface area (Å²) < 4.78 is 19.7. The monoisotopic (exact) mass is 409 g/mol. The second-order valence-corrected chi connectivity index (χ2v) is 7.36. The lowest BCUT2D eigenvalue weighted by molar-refractivity contribution is 0.0882. The molecule has 0 N–H and O–H groups in total. The molecule has 0 bridgehead atoms. The maximum Gasteiger partial charge on any atom is 0.286 e. The molecule has 0 saturated carbocycles. The molecule has 0 aliphatic carbocycles. The van der Waals surface area contributed by atoms with Crippen LogP contribution in [0.4, 0.5) is 4.39 Å². The molecule has 1 aliphatic heterocycles. The second kappa shape index (κ2) is 9.54. The first-order valence-electron chi connectivity index (χ1n) is 10.1. The van der Waals surface area contributed by atoms with E-state index >= 15 is 0 Å². The fourth-order valence-electron chi connectivity index (χ4n) is 3.34. The van der Waals surface area contributed by atoms with Gasteiger partial charge in [0.2, 0.25) is 0 Å². The summed E-state index contributed by atoms with van der Waals surface area (Å²) in [5.41, 5.74) is 2.42. The van der Waals surface area contributed by atoms with Crippen LogP contribution in [0.25, 0.3) is 0 Å². The fourth-order valence-corrected chi connectivity index (χ4v) is 3.34. The quantitative estimate of drug-likeness (QED) is 0.572. The summed E-state index contributed by atoms with van der Waals surface area (Å²) in [4.78, 5) is 24.7. The molecule has 1 aromatic carbocycles. The van der Waals surface area contributed by atoms with Crippen LogP contribution in [0, 0.1) is 5.82 Å². The average molecular weight is 409 g/mol. The van der Waals surface area contributed by atoms with Crippen molar-refractivity contribution in [3.05, 3.63) is 93.9 Å². The second-order valence-electron chi connectivity index (χ2n) is 7.36. The van der Waals surface area contributed by atoms with Gasteiger partial charge in [-0.1, -0.05) is 18.2 Å². The number of ether oxygens (including phenoxy) is 1. The minimum atomic E-state index is -0.329. The summed E-state index contributed by atoms with van der Waals surface area (Å²) in [6.07, 6.45) is 5.83. The Hall–Kier alpha value is -3.19. The van der Waals surface area contributed by atoms with Crippen LogP contribution in [-0.4, -0.2) is 27.7 Å². The van der Waals surface area contributed by atoms with Crippen LogP contribution in [-0.2, 0) is 19.8 Å². The number of nitrogens with zero attached hydrogens (tertiary/aromatic N) is 3. The summed E-state index contributed by atoms with van der Waals surface area (Å²) in [5, 5.41) is 0. The van der Waals surface area contributed by atoms with E-state index in [2.05, 4.69) is 9.88 Å². The lowest BCUT2D eigenvalue weighted by atomic mass is 10.2. The maximum atomic E-state index is 12.9. The summed E-state index contributed by atoms with van der Waals surface area (Å²) >= 11 is 0. The first kappa shape index (κ1) is 20.1. The van der Waals surface area contributed by atoms with E-state index in [1.54, 1.807) is 24.4 Å². The van der Waals surface area contributed by atoms with Crippen molar-refractivity contribution < 1.29 is 14.0 Å². The summed E-state index contributed by atoms with van der Waals surface area (Å²) in [6.45, 7) is 3.64. The molecule has 0 radical (unpaired) electrons. The minimum Gasteiger partial charge on any atom is -0.489 e. The molecule has 30 heavy (non-hydrogen) atoms. The van der Waals surface area contributed by atoms with Crippen molar-refractivity contribution in [1.29, 1.82) is 0 Å². The van der Waals surface area contributed by atoms with Crippen molar-refractivity contribution in [2.24, 2.45) is 0 Å². The Kier molecular flexibility index (Phi) is 6.39. The molecule has 0 unspecified atom stereocenters. The van der Waals surface area contributed by atoms with Gasteiger partial charge in [-0.25, -0.2) is 4.39 Å². The first-order valence-corrected chi connectivity index (χ1v) is 10.1. The zero-order chi connectivity index (χ0) is 20.8. The Morgan fingerprint density at radius 2 is 1.73 bits per heavy atom. The van der Waals surface area contributed by atoms with Gasteiger partial charge >= 0.3 is 0 Å². The van der Waals surface area contributed by atoms with E-state index in [-0.39, 0.29) is 24.6 Å². The van der Waals surface area contributed by atoms with Crippen LogP contribution in [0.2, 0.25) is 0 Å². The van der Waals surface area contributed by atoms with E-state index in [1.807, 2.05) is 12.1 Å². The van der Waals surface area contributed by atoms with Gasteiger partial charge < -0.3 is 9.57 Å². The highest BCUT2D eigenvalue weighted by Gasteiger charge is 2.12. The van der Waals surface area contributed by atoms with Crippen LogP contribution in [0.5, 0.6) is 5.75 Å². The molecule has 3 heterocycles. The van der Waals surface area contributed by atoms with Gasteiger partial charge in [-0.2, -0.15) is 4.73 Å². The lowest BCUT2D eigenvalue weighted by Crippen LogP contribution is -2.25. The Labute approximate surface area is 174 Å². The number of halogens is 1. The molecule has 2 aromatic heterocycles. The van der Waals surface area contributed by atoms with Crippen molar-refractivity contribution in [2.75, 3.05) is 13.1 Å². The van der Waals surface area contributed by atoms with E-state index < -0.39 is 0 Å². The highest BCUT2D eigenvalue weighted by molar-refractivity contribution is 5.20. The van der Waals surface area contributed by atoms with Gasteiger partial charge in [-0.05, 0) is 49.7 Å². The van der Waals surface area contributed by atoms with Crippen molar-refractivity contribution in [3.8, 4) is 5.75 Å². The van der Waals surface area contributed by atoms with Gasteiger partial charge in [-0.3, -0.25) is 14.7 Å². The average Bonchev–Trinajstić information content (AvgIpc) is 3.27. The molecule has 7 heteroatoms. The number of rotatable bonds is 8. The first-order chi connectivity index (χ1) is 14.7. The van der Waals surface area contributed by atoms with E-state index in [9.17, 15) is 9.18 Å². The number of pyridine rings is 2. The molecule has 4 rings (SSSR count). The van der Waals surface area contributed by atoms with E-state index in [0.717, 1.165) is 36.5 Å². The lowest BCUT2D eigenvalue weighted by Gasteiger charge is -2.14. The largest absolute Gasteiger partial charge is 0.489 e. The van der Waals surface area contributed by atoms with Gasteiger partial charge in [0.1, 0.15) is 24.8 Å². The number of hydrogen-bond donors (Lipinski definition) is 0. The van der Waals surface area contributed by atoms with Crippen LogP contribution < -0.4 is 15.1 Å². The van der Waals surface area contributed by atoms with Crippen molar-refractivity contribution in [3.63, 3.8) is 0 Å². The molecule has 0 amide bonds. The van der Waals surface area contributed by atoms with E-state index in [4.69, 9.17) is 9.57 Å². The third kappa shape index (κ3) is 5.45. The van der Waals surface area contributed by atoms with Crippen LogP contribution in [0.3, 0.4) is 0 Å². The standard InChI is InChI=1S/C23H24FN3O3/c24-20-6-3-18(4-7-20)16-29-22-9-12-27(23(28)13-22)30-17-19-5-8-21(25-14-19)15-26-10-1-2-11-26/h3-9,12-14H,1-2,10-11,15-17H2. The summed E-state index contributed by atoms with van der Waals surface area (Å²) in [6, 6.07) is 13.0. The fraction of sp³-hybridized carbons (Fsp3) is 0.304. The van der Waals surface area contributed by atoms with Crippen LogP contribution in [0.1, 0.15) is 29.7 Å². The number of aromatic nitrogens is 2. The molecule has 1 aliphatic rings. The Morgan fingerprint density at radius 1 is 0.967 bits per heavy atom. The summed E-state index contributed by atoms with van der Waals surface area (Å²) in [7, 11) is 0. The molecular weight excluding hydrogens is 385 g/mol. The SMILES string of the molecule is O=c1cc(OCc2ccc(F)cc2)ccn1OCc1ccc(CN2CCCC2)nc1. The molecule has 156 valence electrons. The molecule has 3 aromatic rings.